The van der Waals surface area contributed by atoms with E-state index in [9.17, 15) is 0 Å². The first kappa shape index (κ1) is 45.7. The van der Waals surface area contributed by atoms with Crippen molar-refractivity contribution in [3.63, 3.8) is 0 Å². The third kappa shape index (κ3) is 8.37. The Morgan fingerprint density at radius 2 is 0.967 bits per heavy atom. The third-order valence-corrected chi connectivity index (χ3v) is 22.3. The molecule has 0 fully saturated rings. The van der Waals surface area contributed by atoms with Crippen molar-refractivity contribution >= 4 is 31.3 Å². The number of hydrogen-bond donors (Lipinski definition) is 0. The van der Waals surface area contributed by atoms with Gasteiger partial charge in [-0.1, -0.05) is 0 Å². The number of halogens is 2. The minimum atomic E-state index is -3.18. The second-order valence-electron chi connectivity index (χ2n) is 19.7. The van der Waals surface area contributed by atoms with Crippen molar-refractivity contribution in [2.24, 2.45) is 0 Å². The molecule has 0 atom stereocenters. The van der Waals surface area contributed by atoms with Gasteiger partial charge in [-0.3, -0.25) is 0 Å². The molecule has 308 valence electrons. The van der Waals surface area contributed by atoms with Gasteiger partial charge >= 0.3 is 359 Å². The zero-order chi connectivity index (χ0) is 41.0. The predicted octanol–water partition coefficient (Wildman–Crippen LogP) is 15.2. The predicted molar refractivity (Wildman–Crippen MR) is 263 cm³/mol. The quantitative estimate of drug-likeness (QED) is 0.143. The van der Waals surface area contributed by atoms with E-state index in [1.54, 1.807) is 15.3 Å². The summed E-state index contributed by atoms with van der Waals surface area (Å²) >= 11 is -3.18. The first-order valence-corrected chi connectivity index (χ1v) is 25.0. The fraction of sp³-hybridized carbons (Fsp3) is 0.281. The average molecular weight is 909 g/mol. The van der Waals surface area contributed by atoms with Crippen molar-refractivity contribution in [1.29, 1.82) is 0 Å². The maximum Gasteiger partial charge on any atom is -0.147 e. The Morgan fingerprint density at radius 1 is 0.500 bits per heavy atom. The molecule has 0 unspecified atom stereocenters. The van der Waals surface area contributed by atoms with E-state index in [1.165, 1.54) is 61.2 Å². The van der Waals surface area contributed by atoms with E-state index in [0.717, 1.165) is 12.8 Å². The molecule has 2 aliphatic rings. The van der Waals surface area contributed by atoms with E-state index in [4.69, 9.17) is 0 Å². The van der Waals surface area contributed by atoms with Crippen LogP contribution < -0.4 is 3.27 Å². The van der Waals surface area contributed by atoms with E-state index >= 15 is 0 Å². The molecule has 0 nitrogen and oxygen atoms in total. The summed E-state index contributed by atoms with van der Waals surface area (Å²) in [6.07, 6.45) is 9.28. The molecule has 0 aromatic heterocycles. The molecule has 0 spiro atoms. The summed E-state index contributed by atoms with van der Waals surface area (Å²) in [7, 11) is 0. The summed E-state index contributed by atoms with van der Waals surface area (Å²) in [5, 5.41) is 0. The van der Waals surface area contributed by atoms with Gasteiger partial charge in [0.1, 0.15) is 0 Å². The van der Waals surface area contributed by atoms with Gasteiger partial charge in [0.2, 0.25) is 0 Å². The van der Waals surface area contributed by atoms with Gasteiger partial charge in [-0.2, -0.15) is 0 Å². The van der Waals surface area contributed by atoms with E-state index in [1.807, 2.05) is 0 Å². The van der Waals surface area contributed by atoms with Gasteiger partial charge < -0.3 is 0 Å². The van der Waals surface area contributed by atoms with Crippen LogP contribution in [-0.4, -0.2) is 3.21 Å². The van der Waals surface area contributed by atoms with Crippen molar-refractivity contribution < 1.29 is 21.3 Å². The van der Waals surface area contributed by atoms with Gasteiger partial charge in [0.25, 0.3) is 0 Å². The van der Waals surface area contributed by atoms with Crippen molar-refractivity contribution in [2.75, 3.05) is 0 Å². The summed E-state index contributed by atoms with van der Waals surface area (Å²) < 4.78 is 5.09. The van der Waals surface area contributed by atoms with Gasteiger partial charge in [0.05, 0.1) is 0 Å². The Kier molecular flexibility index (Phi) is 13.3. The second-order valence-corrected chi connectivity index (χ2v) is 25.6. The molecule has 0 aliphatic heterocycles. The topological polar surface area (TPSA) is 0 Å². The van der Waals surface area contributed by atoms with Gasteiger partial charge in [-0.25, -0.2) is 0 Å². The monoisotopic (exact) mass is 906 g/mol. The van der Waals surface area contributed by atoms with Crippen molar-refractivity contribution in [2.45, 2.75) is 104 Å². The average Bonchev–Trinajstić information content (AvgIpc) is 3.88. The Morgan fingerprint density at radius 3 is 1.43 bits per heavy atom. The normalized spacial score (nSPS) is 13.5. The van der Waals surface area contributed by atoms with Crippen LogP contribution in [0.25, 0.3) is 33.4 Å². The number of fused-ring (bicyclic) bond motifs is 3. The standard InChI is InChI=1S/C33H33.C19H22.C5H5.2ClH.Zr/c1-32(2,3)30-20-26-24(18-28(30)22-13-9-7-10-14-22)17-25-19-29(23-15-11-8-12-16-23)31(21-27(25)26)33(4,5)6;1-18(2,16-11-7-5-8-12-16)15-19(3,4)17-13-9-6-10-14-17;1-2-4-5-3-1;;;/h7-16,18,20-21H,17H2,1-6H3;5-14H,1-4H3;1-3H,4H2;2*1H;. The first-order chi connectivity index (χ1) is 27.6. The molecular weight excluding hydrogens is 847 g/mol. The molecule has 0 saturated carbocycles. The maximum absolute atomic E-state index is 3.18. The van der Waals surface area contributed by atoms with E-state index in [0.29, 0.717) is 0 Å². The Labute approximate surface area is 381 Å². The molecule has 6 aromatic rings. The summed E-state index contributed by atoms with van der Waals surface area (Å²) in [5.74, 6) is 0. The Hall–Kier alpha value is -3.87. The van der Waals surface area contributed by atoms with Crippen LogP contribution in [0, 0.1) is 0 Å². The Bertz CT molecular complexity index is 2530. The van der Waals surface area contributed by atoms with E-state index in [-0.39, 0.29) is 46.5 Å². The second kappa shape index (κ2) is 17.5. The fourth-order valence-electron chi connectivity index (χ4n) is 10.1. The summed E-state index contributed by atoms with van der Waals surface area (Å²) in [5.41, 5.74) is 16.6. The molecule has 0 bridgehead atoms. The molecule has 6 aromatic carbocycles. The van der Waals surface area contributed by atoms with Crippen LogP contribution in [0.1, 0.15) is 109 Å². The maximum atomic E-state index is 2.63. The molecule has 0 amide bonds. The van der Waals surface area contributed by atoms with Gasteiger partial charge in [0, 0.05) is 0 Å². The molecule has 8 rings (SSSR count). The fourth-order valence-corrected chi connectivity index (χ4v) is 20.1. The van der Waals surface area contributed by atoms with Gasteiger partial charge in [-0.05, 0) is 0 Å². The zero-order valence-electron chi connectivity index (χ0n) is 37.2. The van der Waals surface area contributed by atoms with Crippen LogP contribution in [0.5, 0.6) is 0 Å². The SMILES string of the molecule is CC(C)(C)c1cc2c(cc1-c1ccccc1)Cc1c-2cc(C(C)(C)C)c(-c2ccccc2)[c]1[Zr]([C]1=CC=CC1)=[C](C(C)(C)c1ccccc1)C(C)(C)c1ccccc1.Cl.Cl. The summed E-state index contributed by atoms with van der Waals surface area (Å²) in [6, 6.07) is 53.2. The van der Waals surface area contributed by atoms with E-state index in [2.05, 4.69) is 227 Å². The molecule has 0 heterocycles. The largest absolute Gasteiger partial charge is 0.147 e. The molecule has 3 heteroatoms. The van der Waals surface area contributed by atoms with Crippen LogP contribution >= 0.6 is 24.8 Å². The van der Waals surface area contributed by atoms with E-state index < -0.39 is 21.3 Å². The molecule has 0 N–H and O–H groups in total. The minimum Gasteiger partial charge on any atom is -0.147 e. The Balaban J connectivity index is 0.00000302. The van der Waals surface area contributed by atoms with Crippen LogP contribution in [0.2, 0.25) is 0 Å². The van der Waals surface area contributed by atoms with Crippen molar-refractivity contribution in [3.05, 3.63) is 194 Å². The van der Waals surface area contributed by atoms with Gasteiger partial charge in [0.15, 0.2) is 0 Å². The van der Waals surface area contributed by atoms with Crippen molar-refractivity contribution in [1.82, 2.24) is 0 Å². The first-order valence-electron chi connectivity index (χ1n) is 21.3. The number of rotatable bonds is 8. The van der Waals surface area contributed by atoms with Crippen LogP contribution in [0.3, 0.4) is 0 Å². The van der Waals surface area contributed by atoms with Gasteiger partial charge in [-0.15, -0.1) is 24.8 Å². The van der Waals surface area contributed by atoms with Crippen LogP contribution in [0.4, 0.5) is 0 Å². The minimum absolute atomic E-state index is 0. The zero-order valence-corrected chi connectivity index (χ0v) is 41.3. The molecule has 2 aliphatic carbocycles. The smallest absolute Gasteiger partial charge is 0.147 e. The molecule has 0 saturated heterocycles. The van der Waals surface area contributed by atoms with Crippen molar-refractivity contribution in [3.8, 4) is 33.4 Å². The molecular formula is C57H62Cl2Zr. The summed E-state index contributed by atoms with van der Waals surface area (Å²) in [6.45, 7) is 24.6. The number of allylic oxidation sites excluding steroid dienone is 4. The third-order valence-electron chi connectivity index (χ3n) is 12.9. The van der Waals surface area contributed by atoms with Crippen LogP contribution in [0.15, 0.2) is 161 Å². The number of benzene rings is 6. The number of hydrogen-bond acceptors (Lipinski definition) is 0. The molecule has 0 radical (unpaired) electrons. The summed E-state index contributed by atoms with van der Waals surface area (Å²) in [4.78, 5) is 0. The molecule has 60 heavy (non-hydrogen) atoms. The van der Waals surface area contributed by atoms with Crippen LogP contribution in [-0.2, 0) is 49.3 Å².